The van der Waals surface area contributed by atoms with Crippen LogP contribution in [0, 0.1) is 10.1 Å². The maximum atomic E-state index is 13.4. The van der Waals surface area contributed by atoms with Crippen LogP contribution in [-0.4, -0.2) is 140 Å². The van der Waals surface area contributed by atoms with Gasteiger partial charge in [-0.3, -0.25) is 28.6 Å². The first-order valence-electron chi connectivity index (χ1n) is 21.2. The molecule has 9 N–H and O–H groups in total. The van der Waals surface area contributed by atoms with Crippen LogP contribution in [0.1, 0.15) is 54.1 Å². The number of rotatable bonds is 26. The second-order valence-corrected chi connectivity index (χ2v) is 19.5. The number of nitrogens with two attached hydrogens (primary N) is 3. The van der Waals surface area contributed by atoms with Gasteiger partial charge in [-0.25, -0.2) is 23.8 Å². The quantitative estimate of drug-likeness (QED) is 0.00765. The summed E-state index contributed by atoms with van der Waals surface area (Å²) >= 11 is 0. The molecule has 5 heterocycles. The molecule has 1 amide bonds. The van der Waals surface area contributed by atoms with Crippen LogP contribution in [0.2, 0.25) is 0 Å². The molecule has 2 saturated heterocycles. The van der Waals surface area contributed by atoms with E-state index in [0.717, 1.165) is 45.4 Å². The minimum atomic E-state index is -5.32. The lowest BCUT2D eigenvalue weighted by Gasteiger charge is -2.22. The molecule has 0 bridgehead atoms. The van der Waals surface area contributed by atoms with Gasteiger partial charge in [-0.05, 0) is 76.1 Å². The molecule has 0 radical (unpaired) electrons. The number of unbranched alkanes of at least 4 members (excludes halogenated alkanes) is 2. The Kier molecular flexibility index (Phi) is 17.9. The van der Waals surface area contributed by atoms with Crippen LogP contribution >= 0.6 is 15.4 Å². The molecule has 1 aromatic carbocycles. The summed E-state index contributed by atoms with van der Waals surface area (Å²) in [6.07, 6.45) is -1.02. The van der Waals surface area contributed by atoms with E-state index >= 15 is 0 Å². The average Bonchev–Trinajstić information content (AvgIpc) is 3.97. The summed E-state index contributed by atoms with van der Waals surface area (Å²) in [4.78, 5) is 51.6. The van der Waals surface area contributed by atoms with Gasteiger partial charge >= 0.3 is 15.4 Å². The van der Waals surface area contributed by atoms with Gasteiger partial charge in [0.05, 0.1) is 55.4 Å². The number of pyridine rings is 1. The molecule has 68 heavy (non-hydrogen) atoms. The van der Waals surface area contributed by atoms with Crippen molar-refractivity contribution in [2.75, 3.05) is 58.9 Å². The lowest BCUT2D eigenvalue weighted by molar-refractivity contribution is -0.766. The monoisotopic (exact) mass is 994 g/mol. The smallest absolute Gasteiger partial charge is 0.479 e. The molecule has 370 valence electrons. The number of imidazole rings is 1. The second-order valence-electron chi connectivity index (χ2n) is 15.9. The summed E-state index contributed by atoms with van der Waals surface area (Å²) in [5.74, 6) is -0.475. The maximum Gasteiger partial charge on any atom is 0.479 e. The van der Waals surface area contributed by atoms with Crippen molar-refractivity contribution >= 4 is 44.0 Å². The third-order valence-corrected chi connectivity index (χ3v) is 14.0. The Balaban J connectivity index is 1.10. The van der Waals surface area contributed by atoms with Gasteiger partial charge in [0.1, 0.15) is 47.5 Å². The molecule has 0 aliphatic carbocycles. The molecule has 2 fully saturated rings. The number of phosphoric ester groups is 1. The number of nitro groups is 1. The van der Waals surface area contributed by atoms with Gasteiger partial charge in [0.15, 0.2) is 36.2 Å². The molecule has 4 aromatic rings. The Morgan fingerprint density at radius 1 is 1.09 bits per heavy atom. The minimum Gasteiger partial charge on any atom is -0.493 e. The van der Waals surface area contributed by atoms with Crippen molar-refractivity contribution in [3.8, 4) is 5.75 Å². The van der Waals surface area contributed by atoms with E-state index in [2.05, 4.69) is 29.9 Å². The number of nitrogen functional groups attached to an aromatic ring is 1. The van der Waals surface area contributed by atoms with Gasteiger partial charge in [-0.1, -0.05) is 5.11 Å². The molecule has 6 rings (SSSR count). The minimum absolute atomic E-state index is 0.0402. The Bertz CT molecular complexity index is 2540. The zero-order valence-corrected chi connectivity index (χ0v) is 38.7. The second kappa shape index (κ2) is 23.3. The van der Waals surface area contributed by atoms with Gasteiger partial charge < -0.3 is 60.7 Å². The van der Waals surface area contributed by atoms with Crippen LogP contribution in [0.25, 0.3) is 21.6 Å². The fourth-order valence-electron chi connectivity index (χ4n) is 7.47. The highest BCUT2D eigenvalue weighted by Gasteiger charge is 2.52. The van der Waals surface area contributed by atoms with E-state index in [-0.39, 0.29) is 39.5 Å². The summed E-state index contributed by atoms with van der Waals surface area (Å²) in [5, 5.41) is 37.5. The molecule has 10 atom stereocenters. The van der Waals surface area contributed by atoms with Crippen molar-refractivity contribution < 1.29 is 70.8 Å². The zero-order valence-electron chi connectivity index (χ0n) is 36.9. The molecule has 28 nitrogen and oxygen atoms in total. The van der Waals surface area contributed by atoms with Crippen molar-refractivity contribution in [3.63, 3.8) is 0 Å². The summed E-state index contributed by atoms with van der Waals surface area (Å²) < 4.78 is 68.6. The van der Waals surface area contributed by atoms with Crippen molar-refractivity contribution in [1.29, 1.82) is 0 Å². The van der Waals surface area contributed by atoms with E-state index in [0.29, 0.717) is 13.2 Å². The first kappa shape index (κ1) is 52.1. The molecule has 3 aromatic heterocycles. The topological polar surface area (TPSA) is 397 Å². The molecular weight excluding hydrogens is 940 g/mol. The van der Waals surface area contributed by atoms with Crippen molar-refractivity contribution in [1.82, 2.24) is 24.4 Å². The van der Waals surface area contributed by atoms with Gasteiger partial charge in [0.2, 0.25) is 0 Å². The number of hydrogen-bond donors (Lipinski definition) is 6. The maximum absolute atomic E-state index is 13.4. The largest absolute Gasteiger partial charge is 0.493 e. The van der Waals surface area contributed by atoms with Crippen LogP contribution < -0.4 is 26.5 Å². The number of carbonyl (C=O) groups is 1. The Morgan fingerprint density at radius 2 is 1.85 bits per heavy atom. The Labute approximate surface area is 388 Å². The van der Waals surface area contributed by atoms with Crippen LogP contribution in [0.3, 0.4) is 0 Å². The molecule has 2 aliphatic rings. The summed E-state index contributed by atoms with van der Waals surface area (Å²) in [5.41, 5.74) is 26.8. The lowest BCUT2D eigenvalue weighted by atomic mass is 10.1. The third kappa shape index (κ3) is 13.3. The predicted octanol–water partition coefficient (Wildman–Crippen LogP) is 1.99. The van der Waals surface area contributed by atoms with Gasteiger partial charge in [0.25, 0.3) is 17.8 Å². The number of aliphatic hydroxyl groups excluding tert-OH is 2. The van der Waals surface area contributed by atoms with E-state index in [1.165, 1.54) is 58.4 Å². The summed E-state index contributed by atoms with van der Waals surface area (Å²) in [6, 6.07) is 5.79. The normalized spacial score (nSPS) is 24.4. The lowest BCUT2D eigenvalue weighted by Crippen LogP contribution is -2.47. The molecule has 0 spiro atoms. The van der Waals surface area contributed by atoms with Crippen LogP contribution in [0.4, 0.5) is 11.5 Å². The van der Waals surface area contributed by atoms with E-state index in [1.807, 2.05) is 7.05 Å². The number of amides is 1. The van der Waals surface area contributed by atoms with Crippen LogP contribution in [0.15, 0.2) is 60.5 Å². The Morgan fingerprint density at radius 3 is 2.59 bits per heavy atom. The molecule has 2 unspecified atom stereocenters. The molecule has 2 aliphatic heterocycles. The first-order chi connectivity index (χ1) is 32.4. The fraction of sp³-hybridized carbons (Fsp3) is 0.553. The number of nitrogens with zero attached hydrogens (tertiary/aromatic N) is 10. The predicted molar refractivity (Wildman–Crippen MR) is 236 cm³/mol. The highest BCUT2D eigenvalue weighted by molar-refractivity contribution is 7.64. The van der Waals surface area contributed by atoms with Crippen molar-refractivity contribution in [3.05, 3.63) is 87.1 Å². The SMILES string of the molecule is CN(CCCN)CCCCCOc1ccc(CO[C@@H]2[C@H](N=[N+]=[N-])[C@@H](COP(=O)(O)OP(C)(=O)OC[C@H]3O[C@@H](n4cnc5c(N)ncnc54)[C@H](O)[C@@H]3O)O[C@H]2[n+]2cccc(C(N)=O)c2)c([N+](=O)[O-])c1. The van der Waals surface area contributed by atoms with Crippen molar-refractivity contribution in [2.45, 2.75) is 81.3 Å². The number of azide groups is 1. The van der Waals surface area contributed by atoms with Gasteiger partial charge in [-0.15, -0.1) is 0 Å². The number of nitro benzene ring substituents is 1. The highest BCUT2D eigenvalue weighted by atomic mass is 31.3. The third-order valence-electron chi connectivity index (χ3n) is 10.9. The number of carbonyl (C=O) groups excluding carboxylic acids is 1. The fourth-order valence-corrected chi connectivity index (χ4v) is 10.1. The van der Waals surface area contributed by atoms with Crippen LogP contribution in [-0.2, 0) is 43.3 Å². The highest BCUT2D eigenvalue weighted by Crippen LogP contribution is 2.61. The number of phosphoric acid groups is 1. The number of aliphatic hydroxyl groups is 2. The standard InChI is InChI=1S/C38H53N13O15P2/c1-48(13-7-11-39)12-4-3-5-15-60-25-10-9-24(26(16-25)51(55)56)18-61-33-29(46-47-42)27(64-38(33)49-14-6-8-23(17-49)35(41)54)19-63-68(58,59)66-67(2,57)62-20-28-31(52)32(53)37(65-28)50-22-45-30-34(40)43-21-44-36(30)50/h6,8-10,14,16-17,21-22,27-29,31-33,37-38,52-53H,3-5,7,11-13,15,18-20,39H2,1-2H3,(H4-,40,41,43,44,54,58,59)/p+1/t27-,28-,29-,31-,32-,33-,37-,38-,67?/m1/s1. The zero-order chi connectivity index (χ0) is 49.2. The summed E-state index contributed by atoms with van der Waals surface area (Å²) in [7, 11) is -7.81. The molecular formula is C38H54N13O15P2+. The van der Waals surface area contributed by atoms with Crippen LogP contribution in [0.5, 0.6) is 5.75 Å². The number of fused-ring (bicyclic) bond motifs is 1. The van der Waals surface area contributed by atoms with Crippen molar-refractivity contribution in [2.24, 2.45) is 16.6 Å². The van der Waals surface area contributed by atoms with E-state index in [4.69, 9.17) is 49.5 Å². The average molecular weight is 995 g/mol. The first-order valence-corrected chi connectivity index (χ1v) is 24.7. The number of hydrogen-bond acceptors (Lipinski definition) is 21. The van der Waals surface area contributed by atoms with Gasteiger partial charge in [0, 0.05) is 17.6 Å². The van der Waals surface area contributed by atoms with E-state index in [9.17, 15) is 44.7 Å². The van der Waals surface area contributed by atoms with Gasteiger partial charge in [-0.2, -0.15) is 4.57 Å². The summed E-state index contributed by atoms with van der Waals surface area (Å²) in [6.45, 7) is 1.63. The number of anilines is 1. The Hall–Kier alpha value is -5.28. The number of aromatic nitrogens is 5. The number of primary amides is 1. The molecule has 0 saturated carbocycles. The number of ether oxygens (including phenoxy) is 4. The number of benzene rings is 1. The van der Waals surface area contributed by atoms with E-state index in [1.54, 1.807) is 6.07 Å². The molecule has 30 heteroatoms. The van der Waals surface area contributed by atoms with E-state index < -0.39 is 95.1 Å².